The minimum Gasteiger partial charge on any atom is -0.383 e. The van der Waals surface area contributed by atoms with Crippen LogP contribution < -0.4 is 5.32 Å². The SMILES string of the molecule is CCCC(COC)Nc1cccc(SC)c1C#N. The Kier molecular flexibility index (Phi) is 6.63. The van der Waals surface area contributed by atoms with Gasteiger partial charge in [-0.25, -0.2) is 0 Å². The summed E-state index contributed by atoms with van der Waals surface area (Å²) in [5, 5.41) is 12.7. The number of rotatable bonds is 7. The molecule has 0 fully saturated rings. The molecule has 18 heavy (non-hydrogen) atoms. The van der Waals surface area contributed by atoms with Crippen LogP contribution in [0.15, 0.2) is 23.1 Å². The van der Waals surface area contributed by atoms with Crippen LogP contribution in [0.1, 0.15) is 25.3 Å². The molecule has 1 aromatic rings. The molecule has 0 aliphatic rings. The van der Waals surface area contributed by atoms with Crippen molar-refractivity contribution in [3.8, 4) is 6.07 Å². The van der Waals surface area contributed by atoms with Crippen LogP contribution in [0.2, 0.25) is 0 Å². The predicted octanol–water partition coefficient (Wildman–Crippen LogP) is 3.51. The summed E-state index contributed by atoms with van der Waals surface area (Å²) in [5.41, 5.74) is 1.63. The van der Waals surface area contributed by atoms with Crippen molar-refractivity contribution < 1.29 is 4.74 Å². The van der Waals surface area contributed by atoms with Crippen molar-refractivity contribution in [2.75, 3.05) is 25.3 Å². The minimum absolute atomic E-state index is 0.254. The van der Waals surface area contributed by atoms with Crippen molar-refractivity contribution in [1.29, 1.82) is 5.26 Å². The average Bonchev–Trinajstić information content (AvgIpc) is 2.39. The first-order chi connectivity index (χ1) is 8.76. The molecule has 1 N–H and O–H groups in total. The normalized spacial score (nSPS) is 11.9. The zero-order valence-electron chi connectivity index (χ0n) is 11.2. The smallest absolute Gasteiger partial charge is 0.102 e. The Labute approximate surface area is 114 Å². The fourth-order valence-electron chi connectivity index (χ4n) is 1.90. The Morgan fingerprint density at radius 2 is 2.28 bits per heavy atom. The van der Waals surface area contributed by atoms with E-state index in [1.807, 2.05) is 24.5 Å². The summed E-state index contributed by atoms with van der Waals surface area (Å²) in [5.74, 6) is 0. The maximum Gasteiger partial charge on any atom is 0.102 e. The van der Waals surface area contributed by atoms with Gasteiger partial charge in [-0.3, -0.25) is 0 Å². The van der Waals surface area contributed by atoms with Crippen LogP contribution >= 0.6 is 11.8 Å². The molecule has 0 aliphatic carbocycles. The second-order valence-electron chi connectivity index (χ2n) is 4.08. The highest BCUT2D eigenvalue weighted by molar-refractivity contribution is 7.98. The minimum atomic E-state index is 0.254. The lowest BCUT2D eigenvalue weighted by Crippen LogP contribution is -2.25. The van der Waals surface area contributed by atoms with Crippen LogP contribution in [0.3, 0.4) is 0 Å². The van der Waals surface area contributed by atoms with Crippen molar-refractivity contribution in [2.45, 2.75) is 30.7 Å². The van der Waals surface area contributed by atoms with Crippen molar-refractivity contribution in [1.82, 2.24) is 0 Å². The number of nitrogens with one attached hydrogen (secondary N) is 1. The first-order valence-electron chi connectivity index (χ1n) is 6.09. The monoisotopic (exact) mass is 264 g/mol. The van der Waals surface area contributed by atoms with E-state index in [9.17, 15) is 5.26 Å². The van der Waals surface area contributed by atoms with Crippen LogP contribution in [0.25, 0.3) is 0 Å². The topological polar surface area (TPSA) is 45.0 Å². The molecule has 0 saturated heterocycles. The molecule has 3 nitrogen and oxygen atoms in total. The largest absolute Gasteiger partial charge is 0.383 e. The van der Waals surface area contributed by atoms with Crippen molar-refractivity contribution in [2.24, 2.45) is 0 Å². The van der Waals surface area contributed by atoms with Gasteiger partial charge in [-0.2, -0.15) is 5.26 Å². The first-order valence-corrected chi connectivity index (χ1v) is 7.31. The van der Waals surface area contributed by atoms with E-state index >= 15 is 0 Å². The zero-order chi connectivity index (χ0) is 13.4. The van der Waals surface area contributed by atoms with E-state index in [1.54, 1.807) is 18.9 Å². The van der Waals surface area contributed by atoms with Gasteiger partial charge < -0.3 is 10.1 Å². The van der Waals surface area contributed by atoms with Crippen molar-refractivity contribution >= 4 is 17.4 Å². The number of benzene rings is 1. The Balaban J connectivity index is 2.91. The molecule has 0 amide bonds. The molecule has 0 aromatic heterocycles. The van der Waals surface area contributed by atoms with Gasteiger partial charge in [-0.05, 0) is 24.8 Å². The van der Waals surface area contributed by atoms with Crippen LogP contribution in [0.4, 0.5) is 5.69 Å². The molecular weight excluding hydrogens is 244 g/mol. The summed E-state index contributed by atoms with van der Waals surface area (Å²) in [6.07, 6.45) is 4.10. The van der Waals surface area contributed by atoms with E-state index in [2.05, 4.69) is 18.3 Å². The number of hydrogen-bond donors (Lipinski definition) is 1. The molecule has 1 rings (SSSR count). The van der Waals surface area contributed by atoms with E-state index in [1.165, 1.54) is 0 Å². The van der Waals surface area contributed by atoms with Gasteiger partial charge in [0.2, 0.25) is 0 Å². The third-order valence-corrected chi connectivity index (χ3v) is 3.50. The average molecular weight is 264 g/mol. The summed E-state index contributed by atoms with van der Waals surface area (Å²) < 4.78 is 5.21. The fourth-order valence-corrected chi connectivity index (χ4v) is 2.48. The highest BCUT2D eigenvalue weighted by atomic mass is 32.2. The molecule has 1 aromatic carbocycles. The molecule has 0 bridgehead atoms. The highest BCUT2D eigenvalue weighted by Crippen LogP contribution is 2.27. The fraction of sp³-hybridized carbons (Fsp3) is 0.500. The quantitative estimate of drug-likeness (QED) is 0.765. The van der Waals surface area contributed by atoms with E-state index in [0.29, 0.717) is 6.61 Å². The van der Waals surface area contributed by atoms with Crippen molar-refractivity contribution in [3.63, 3.8) is 0 Å². The summed E-state index contributed by atoms with van der Waals surface area (Å²) in [4.78, 5) is 1.01. The summed E-state index contributed by atoms with van der Waals surface area (Å²) in [7, 11) is 1.70. The molecule has 0 aliphatic heterocycles. The standard InChI is InChI=1S/C14H20N2OS/c1-4-6-11(10-17-2)16-13-7-5-8-14(18-3)12(13)9-15/h5,7-8,11,16H,4,6,10H2,1-3H3. The number of ether oxygens (including phenoxy) is 1. The lowest BCUT2D eigenvalue weighted by Gasteiger charge is -2.20. The van der Waals surface area contributed by atoms with Gasteiger partial charge in [0.15, 0.2) is 0 Å². The highest BCUT2D eigenvalue weighted by Gasteiger charge is 2.12. The number of anilines is 1. The van der Waals surface area contributed by atoms with Crippen LogP contribution in [-0.2, 0) is 4.74 Å². The number of nitriles is 1. The third-order valence-electron chi connectivity index (χ3n) is 2.72. The second kappa shape index (κ2) is 8.02. The lowest BCUT2D eigenvalue weighted by atomic mass is 10.1. The molecule has 0 radical (unpaired) electrons. The van der Waals surface area contributed by atoms with E-state index < -0.39 is 0 Å². The molecule has 4 heteroatoms. The molecule has 0 spiro atoms. The number of hydrogen-bond acceptors (Lipinski definition) is 4. The van der Waals surface area contributed by atoms with Gasteiger partial charge >= 0.3 is 0 Å². The van der Waals surface area contributed by atoms with Crippen LogP contribution in [-0.4, -0.2) is 26.0 Å². The third kappa shape index (κ3) is 3.94. The van der Waals surface area contributed by atoms with Crippen molar-refractivity contribution in [3.05, 3.63) is 23.8 Å². The first kappa shape index (κ1) is 14.9. The Bertz CT molecular complexity index is 409. The maximum atomic E-state index is 9.27. The van der Waals surface area contributed by atoms with Gasteiger partial charge in [-0.1, -0.05) is 19.4 Å². The lowest BCUT2D eigenvalue weighted by molar-refractivity contribution is 0.182. The number of methoxy groups -OCH3 is 1. The van der Waals surface area contributed by atoms with Gasteiger partial charge in [0, 0.05) is 18.0 Å². The molecular formula is C14H20N2OS. The summed E-state index contributed by atoms with van der Waals surface area (Å²) in [6.45, 7) is 2.80. The molecule has 1 atom stereocenters. The molecule has 0 saturated carbocycles. The Morgan fingerprint density at radius 3 is 2.83 bits per heavy atom. The molecule has 0 heterocycles. The second-order valence-corrected chi connectivity index (χ2v) is 4.93. The molecule has 98 valence electrons. The van der Waals surface area contributed by atoms with Gasteiger partial charge in [0.25, 0.3) is 0 Å². The van der Waals surface area contributed by atoms with E-state index in [4.69, 9.17) is 4.74 Å². The predicted molar refractivity (Wildman–Crippen MR) is 77.1 cm³/mol. The van der Waals surface area contributed by atoms with E-state index in [0.717, 1.165) is 29.0 Å². The van der Waals surface area contributed by atoms with Crippen LogP contribution in [0.5, 0.6) is 0 Å². The van der Waals surface area contributed by atoms with Crippen LogP contribution in [0, 0.1) is 11.3 Å². The van der Waals surface area contributed by atoms with Gasteiger partial charge in [0.05, 0.1) is 17.9 Å². The number of nitrogens with zero attached hydrogens (tertiary/aromatic N) is 1. The Morgan fingerprint density at radius 1 is 1.50 bits per heavy atom. The molecule has 1 unspecified atom stereocenters. The van der Waals surface area contributed by atoms with Gasteiger partial charge in [-0.15, -0.1) is 11.8 Å². The summed E-state index contributed by atoms with van der Waals surface area (Å²) in [6, 6.07) is 8.44. The van der Waals surface area contributed by atoms with E-state index in [-0.39, 0.29) is 6.04 Å². The maximum absolute atomic E-state index is 9.27. The number of thioether (sulfide) groups is 1. The summed E-state index contributed by atoms with van der Waals surface area (Å²) >= 11 is 1.59. The zero-order valence-corrected chi connectivity index (χ0v) is 12.0. The Hall–Kier alpha value is -1.18. The van der Waals surface area contributed by atoms with Gasteiger partial charge in [0.1, 0.15) is 6.07 Å².